The second-order valence-corrected chi connectivity index (χ2v) is 9.90. The molecule has 1 N–H and O–H groups in total. The first-order valence-electron chi connectivity index (χ1n) is 9.01. The van der Waals surface area contributed by atoms with Gasteiger partial charge in [-0.3, -0.25) is 4.79 Å². The van der Waals surface area contributed by atoms with Gasteiger partial charge in [0.05, 0.1) is 17.5 Å². The van der Waals surface area contributed by atoms with Crippen LogP contribution in [0.5, 0.6) is 5.75 Å². The third-order valence-electron chi connectivity index (χ3n) is 4.84. The SMILES string of the molecule is CC(C)N(C)S(=O)(=O)c1ccc(C(=O)NC2CCOc3ccc(Br)cc32)cc1. The Morgan fingerprint density at radius 3 is 2.54 bits per heavy atom. The fourth-order valence-electron chi connectivity index (χ4n) is 2.98. The minimum absolute atomic E-state index is 0.152. The molecule has 1 amide bonds. The number of hydrogen-bond acceptors (Lipinski definition) is 4. The summed E-state index contributed by atoms with van der Waals surface area (Å²) < 4.78 is 33.0. The monoisotopic (exact) mass is 466 g/mol. The number of rotatable bonds is 5. The molecule has 0 fully saturated rings. The summed E-state index contributed by atoms with van der Waals surface area (Å²) >= 11 is 3.45. The highest BCUT2D eigenvalue weighted by Crippen LogP contribution is 2.34. The standard InChI is InChI=1S/C20H23BrN2O4S/c1-13(2)23(3)28(25,26)16-7-4-14(5-8-16)20(24)22-18-10-11-27-19-9-6-15(21)12-17(18)19/h4-9,12-13,18H,10-11H2,1-3H3,(H,22,24). The van der Waals surface area contributed by atoms with Crippen LogP contribution in [0.25, 0.3) is 0 Å². The number of benzene rings is 2. The number of carbonyl (C=O) groups excluding carboxylic acids is 1. The molecule has 8 heteroatoms. The van der Waals surface area contributed by atoms with Gasteiger partial charge >= 0.3 is 0 Å². The van der Waals surface area contributed by atoms with E-state index in [-0.39, 0.29) is 22.9 Å². The maximum Gasteiger partial charge on any atom is 0.251 e. The van der Waals surface area contributed by atoms with Crippen molar-refractivity contribution in [3.8, 4) is 5.75 Å². The van der Waals surface area contributed by atoms with E-state index < -0.39 is 10.0 Å². The lowest BCUT2D eigenvalue weighted by Gasteiger charge is -2.27. The van der Waals surface area contributed by atoms with Crippen molar-refractivity contribution in [1.29, 1.82) is 0 Å². The molecule has 3 rings (SSSR count). The van der Waals surface area contributed by atoms with Crippen molar-refractivity contribution in [3.63, 3.8) is 0 Å². The zero-order chi connectivity index (χ0) is 20.5. The van der Waals surface area contributed by atoms with Crippen LogP contribution < -0.4 is 10.1 Å². The summed E-state index contributed by atoms with van der Waals surface area (Å²) in [5.74, 6) is 0.511. The minimum atomic E-state index is -3.57. The number of halogens is 1. The van der Waals surface area contributed by atoms with Crippen molar-refractivity contribution in [3.05, 3.63) is 58.1 Å². The van der Waals surface area contributed by atoms with Gasteiger partial charge in [-0.15, -0.1) is 0 Å². The van der Waals surface area contributed by atoms with Crippen LogP contribution in [0.15, 0.2) is 51.8 Å². The molecule has 0 saturated heterocycles. The van der Waals surface area contributed by atoms with E-state index >= 15 is 0 Å². The molecule has 0 bridgehead atoms. The molecule has 2 aromatic rings. The van der Waals surface area contributed by atoms with Crippen LogP contribution in [0.1, 0.15) is 42.2 Å². The van der Waals surface area contributed by atoms with E-state index in [0.717, 1.165) is 15.8 Å². The first kappa shape index (κ1) is 20.8. The Bertz CT molecular complexity index is 974. The third-order valence-corrected chi connectivity index (χ3v) is 7.38. The van der Waals surface area contributed by atoms with Gasteiger partial charge in [0.1, 0.15) is 5.75 Å². The number of ether oxygens (including phenoxy) is 1. The zero-order valence-corrected chi connectivity index (χ0v) is 18.4. The lowest BCUT2D eigenvalue weighted by molar-refractivity contribution is 0.0924. The molecule has 0 aliphatic carbocycles. The molecule has 1 aliphatic rings. The lowest BCUT2D eigenvalue weighted by Crippen LogP contribution is -2.33. The third kappa shape index (κ3) is 4.24. The lowest BCUT2D eigenvalue weighted by atomic mass is 10.00. The summed E-state index contributed by atoms with van der Waals surface area (Å²) in [6.07, 6.45) is 0.667. The second kappa shape index (κ2) is 8.23. The fraction of sp³-hybridized carbons (Fsp3) is 0.350. The molecular formula is C20H23BrN2O4S. The van der Waals surface area contributed by atoms with E-state index in [2.05, 4.69) is 21.2 Å². The van der Waals surface area contributed by atoms with Crippen molar-refractivity contribution >= 4 is 31.9 Å². The number of carbonyl (C=O) groups is 1. The maximum absolute atomic E-state index is 12.7. The number of amides is 1. The molecule has 1 aliphatic heterocycles. The predicted octanol–water partition coefficient (Wildman–Crippen LogP) is 3.73. The van der Waals surface area contributed by atoms with Crippen LogP contribution in [0, 0.1) is 0 Å². The van der Waals surface area contributed by atoms with Gasteiger partial charge in [0.2, 0.25) is 10.0 Å². The summed E-state index contributed by atoms with van der Waals surface area (Å²) in [7, 11) is -2.03. The molecular weight excluding hydrogens is 444 g/mol. The second-order valence-electron chi connectivity index (χ2n) is 6.98. The van der Waals surface area contributed by atoms with Crippen molar-refractivity contribution in [2.24, 2.45) is 0 Å². The van der Waals surface area contributed by atoms with Crippen molar-refractivity contribution in [2.45, 2.75) is 37.2 Å². The van der Waals surface area contributed by atoms with Gasteiger partial charge < -0.3 is 10.1 Å². The van der Waals surface area contributed by atoms with Gasteiger partial charge in [0, 0.05) is 35.1 Å². The normalized spacial score (nSPS) is 16.6. The highest BCUT2D eigenvalue weighted by atomic mass is 79.9. The number of nitrogens with one attached hydrogen (secondary N) is 1. The van der Waals surface area contributed by atoms with E-state index in [1.165, 1.54) is 28.6 Å². The van der Waals surface area contributed by atoms with Crippen LogP contribution in [0.2, 0.25) is 0 Å². The highest BCUT2D eigenvalue weighted by Gasteiger charge is 2.25. The van der Waals surface area contributed by atoms with E-state index in [4.69, 9.17) is 4.74 Å². The summed E-state index contributed by atoms with van der Waals surface area (Å²) in [5.41, 5.74) is 1.33. The van der Waals surface area contributed by atoms with Gasteiger partial charge in [-0.25, -0.2) is 8.42 Å². The Hall–Kier alpha value is -1.90. The smallest absolute Gasteiger partial charge is 0.251 e. The highest BCUT2D eigenvalue weighted by molar-refractivity contribution is 9.10. The van der Waals surface area contributed by atoms with E-state index in [9.17, 15) is 13.2 Å². The summed E-state index contributed by atoms with van der Waals surface area (Å²) in [6, 6.07) is 11.4. The van der Waals surface area contributed by atoms with E-state index in [1.54, 1.807) is 7.05 Å². The van der Waals surface area contributed by atoms with Crippen molar-refractivity contribution in [2.75, 3.05) is 13.7 Å². The first-order chi connectivity index (χ1) is 13.2. The van der Waals surface area contributed by atoms with Crippen LogP contribution in [-0.4, -0.2) is 38.3 Å². The molecule has 1 atom stereocenters. The molecule has 150 valence electrons. The average molecular weight is 467 g/mol. The van der Waals surface area contributed by atoms with Crippen LogP contribution in [-0.2, 0) is 10.0 Å². The fourth-order valence-corrected chi connectivity index (χ4v) is 4.73. The van der Waals surface area contributed by atoms with Gasteiger partial charge in [0.15, 0.2) is 0 Å². The molecule has 28 heavy (non-hydrogen) atoms. The molecule has 0 radical (unpaired) electrons. The summed E-state index contributed by atoms with van der Waals surface area (Å²) in [4.78, 5) is 12.9. The van der Waals surface area contributed by atoms with Crippen LogP contribution in [0.3, 0.4) is 0 Å². The van der Waals surface area contributed by atoms with Crippen molar-refractivity contribution in [1.82, 2.24) is 9.62 Å². The number of sulfonamides is 1. The largest absolute Gasteiger partial charge is 0.493 e. The molecule has 0 saturated carbocycles. The van der Waals surface area contributed by atoms with Crippen molar-refractivity contribution < 1.29 is 17.9 Å². The summed E-state index contributed by atoms with van der Waals surface area (Å²) in [5, 5.41) is 3.02. The van der Waals surface area contributed by atoms with E-state index in [1.807, 2.05) is 32.0 Å². The number of nitrogens with zero attached hydrogens (tertiary/aromatic N) is 1. The van der Waals surface area contributed by atoms with E-state index in [0.29, 0.717) is 18.6 Å². The average Bonchev–Trinajstić information content (AvgIpc) is 2.67. The molecule has 1 heterocycles. The quantitative estimate of drug-likeness (QED) is 0.727. The maximum atomic E-state index is 12.7. The van der Waals surface area contributed by atoms with Crippen LogP contribution in [0.4, 0.5) is 0 Å². The van der Waals surface area contributed by atoms with Crippen LogP contribution >= 0.6 is 15.9 Å². The van der Waals surface area contributed by atoms with Gasteiger partial charge in [0.25, 0.3) is 5.91 Å². The summed E-state index contributed by atoms with van der Waals surface area (Å²) in [6.45, 7) is 4.14. The molecule has 2 aromatic carbocycles. The molecule has 0 spiro atoms. The Morgan fingerprint density at radius 2 is 1.89 bits per heavy atom. The zero-order valence-electron chi connectivity index (χ0n) is 16.0. The Morgan fingerprint density at radius 1 is 1.21 bits per heavy atom. The number of hydrogen-bond donors (Lipinski definition) is 1. The first-order valence-corrected chi connectivity index (χ1v) is 11.2. The molecule has 1 unspecified atom stereocenters. The Kier molecular flexibility index (Phi) is 6.12. The predicted molar refractivity (Wildman–Crippen MR) is 111 cm³/mol. The van der Waals surface area contributed by atoms with Gasteiger partial charge in [-0.05, 0) is 56.3 Å². The topological polar surface area (TPSA) is 75.7 Å². The van der Waals surface area contributed by atoms with Gasteiger partial charge in [-0.1, -0.05) is 15.9 Å². The number of fused-ring (bicyclic) bond motifs is 1. The Labute approximate surface area is 174 Å². The van der Waals surface area contributed by atoms with Gasteiger partial charge in [-0.2, -0.15) is 4.31 Å². The molecule has 0 aromatic heterocycles. The molecule has 6 nitrogen and oxygen atoms in total. The Balaban J connectivity index is 1.77. The minimum Gasteiger partial charge on any atom is -0.493 e.